The van der Waals surface area contributed by atoms with Crippen molar-refractivity contribution in [2.75, 3.05) is 26.2 Å². The monoisotopic (exact) mass is 269 g/mol. The average Bonchev–Trinajstić information content (AvgIpc) is 2.40. The molecule has 2 aliphatic heterocycles. The van der Waals surface area contributed by atoms with Gasteiger partial charge < -0.3 is 14.7 Å². The van der Waals surface area contributed by atoms with Gasteiger partial charge in [-0.05, 0) is 58.4 Å². The van der Waals surface area contributed by atoms with Crippen molar-refractivity contribution in [3.8, 4) is 0 Å². The normalized spacial score (nSPS) is 30.2. The van der Waals surface area contributed by atoms with Crippen molar-refractivity contribution in [1.82, 2.24) is 4.90 Å². The van der Waals surface area contributed by atoms with Crippen LogP contribution in [0.5, 0.6) is 0 Å². The lowest BCUT2D eigenvalue weighted by Crippen LogP contribution is -2.47. The van der Waals surface area contributed by atoms with Crippen LogP contribution in [-0.4, -0.2) is 48.3 Å². The Balaban J connectivity index is 1.88. The van der Waals surface area contributed by atoms with E-state index < -0.39 is 11.4 Å². The summed E-state index contributed by atoms with van der Waals surface area (Å²) in [6.45, 7) is 7.58. The van der Waals surface area contributed by atoms with Gasteiger partial charge in [-0.25, -0.2) is 0 Å². The highest BCUT2D eigenvalue weighted by atomic mass is 16.5. The molecule has 0 radical (unpaired) electrons. The lowest BCUT2D eigenvalue weighted by atomic mass is 9.74. The standard InChI is InChI=1S/C15H27NO3/c1-15(2,14(17)18)12-6-5-8-16(10-12)11-13-7-3-4-9-19-13/h12-13H,3-11H2,1-2H3,(H,17,18). The van der Waals surface area contributed by atoms with Gasteiger partial charge in [0, 0.05) is 19.7 Å². The highest BCUT2D eigenvalue weighted by Crippen LogP contribution is 2.34. The minimum absolute atomic E-state index is 0.252. The summed E-state index contributed by atoms with van der Waals surface area (Å²) in [6, 6.07) is 0. The van der Waals surface area contributed by atoms with Crippen molar-refractivity contribution in [3.63, 3.8) is 0 Å². The summed E-state index contributed by atoms with van der Waals surface area (Å²) in [5.41, 5.74) is -0.619. The van der Waals surface area contributed by atoms with Gasteiger partial charge in [-0.2, -0.15) is 0 Å². The van der Waals surface area contributed by atoms with Gasteiger partial charge in [0.25, 0.3) is 0 Å². The van der Waals surface area contributed by atoms with Crippen LogP contribution in [-0.2, 0) is 9.53 Å². The number of likely N-dealkylation sites (tertiary alicyclic amines) is 1. The molecule has 19 heavy (non-hydrogen) atoms. The SMILES string of the molecule is CC(C)(C(=O)O)C1CCCN(CC2CCCCO2)C1. The fourth-order valence-corrected chi connectivity index (χ4v) is 3.22. The van der Waals surface area contributed by atoms with Crippen molar-refractivity contribution in [3.05, 3.63) is 0 Å². The summed E-state index contributed by atoms with van der Waals surface area (Å²) in [4.78, 5) is 13.8. The zero-order valence-electron chi connectivity index (χ0n) is 12.2. The second-order valence-electron chi connectivity index (χ2n) is 6.61. The van der Waals surface area contributed by atoms with Crippen molar-refractivity contribution in [1.29, 1.82) is 0 Å². The molecule has 0 bridgehead atoms. The van der Waals surface area contributed by atoms with E-state index in [-0.39, 0.29) is 5.92 Å². The maximum atomic E-state index is 11.4. The maximum Gasteiger partial charge on any atom is 0.309 e. The second-order valence-corrected chi connectivity index (χ2v) is 6.61. The number of carbonyl (C=O) groups is 1. The maximum absolute atomic E-state index is 11.4. The Bertz CT molecular complexity index is 311. The van der Waals surface area contributed by atoms with Gasteiger partial charge >= 0.3 is 5.97 Å². The Labute approximate surface area is 116 Å². The third kappa shape index (κ3) is 3.69. The molecule has 0 aliphatic carbocycles. The molecule has 1 N–H and O–H groups in total. The molecule has 0 saturated carbocycles. The molecule has 0 amide bonds. The van der Waals surface area contributed by atoms with Crippen molar-refractivity contribution in [2.24, 2.45) is 11.3 Å². The van der Waals surface area contributed by atoms with E-state index in [0.29, 0.717) is 6.10 Å². The molecule has 2 heterocycles. The fraction of sp³-hybridized carbons (Fsp3) is 0.933. The summed E-state index contributed by atoms with van der Waals surface area (Å²) in [6.07, 6.45) is 6.10. The van der Waals surface area contributed by atoms with Gasteiger partial charge in [0.1, 0.15) is 0 Å². The predicted molar refractivity (Wildman–Crippen MR) is 74.2 cm³/mol. The highest BCUT2D eigenvalue weighted by Gasteiger charge is 2.39. The van der Waals surface area contributed by atoms with Crippen LogP contribution in [0, 0.1) is 11.3 Å². The lowest BCUT2D eigenvalue weighted by molar-refractivity contribution is -0.151. The molecule has 0 spiro atoms. The quantitative estimate of drug-likeness (QED) is 0.851. The van der Waals surface area contributed by atoms with Crippen LogP contribution in [0.25, 0.3) is 0 Å². The fourth-order valence-electron chi connectivity index (χ4n) is 3.22. The largest absolute Gasteiger partial charge is 0.481 e. The zero-order chi connectivity index (χ0) is 13.9. The molecule has 0 aromatic heterocycles. The summed E-state index contributed by atoms with van der Waals surface area (Å²) in [5, 5.41) is 9.36. The van der Waals surface area contributed by atoms with Gasteiger partial charge in [-0.1, -0.05) is 0 Å². The number of nitrogens with zero attached hydrogens (tertiary/aromatic N) is 1. The Hall–Kier alpha value is -0.610. The minimum Gasteiger partial charge on any atom is -0.481 e. The number of hydrogen-bond acceptors (Lipinski definition) is 3. The Morgan fingerprint density at radius 3 is 2.74 bits per heavy atom. The first-order chi connectivity index (χ1) is 9.00. The molecule has 2 aliphatic rings. The van der Waals surface area contributed by atoms with E-state index in [1.54, 1.807) is 0 Å². The number of carboxylic acid groups (broad SMARTS) is 1. The summed E-state index contributed by atoms with van der Waals surface area (Å²) >= 11 is 0. The van der Waals surface area contributed by atoms with Crippen LogP contribution in [0.1, 0.15) is 46.0 Å². The van der Waals surface area contributed by atoms with E-state index >= 15 is 0 Å². The molecule has 0 aromatic rings. The van der Waals surface area contributed by atoms with Crippen molar-refractivity contribution in [2.45, 2.75) is 52.1 Å². The van der Waals surface area contributed by atoms with Gasteiger partial charge in [0.15, 0.2) is 0 Å². The topological polar surface area (TPSA) is 49.8 Å². The molecule has 2 atom stereocenters. The zero-order valence-corrected chi connectivity index (χ0v) is 12.2. The molecule has 2 fully saturated rings. The van der Waals surface area contributed by atoms with Crippen LogP contribution in [0.3, 0.4) is 0 Å². The molecule has 2 rings (SSSR count). The van der Waals surface area contributed by atoms with E-state index in [1.807, 2.05) is 13.8 Å². The van der Waals surface area contributed by atoms with Gasteiger partial charge in [-0.15, -0.1) is 0 Å². The van der Waals surface area contributed by atoms with E-state index in [2.05, 4.69) is 4.90 Å². The Morgan fingerprint density at radius 2 is 2.11 bits per heavy atom. The van der Waals surface area contributed by atoms with Crippen LogP contribution in [0.15, 0.2) is 0 Å². The van der Waals surface area contributed by atoms with E-state index in [1.165, 1.54) is 12.8 Å². The number of aliphatic carboxylic acids is 1. The van der Waals surface area contributed by atoms with Crippen LogP contribution in [0.2, 0.25) is 0 Å². The predicted octanol–water partition coefficient (Wildman–Crippen LogP) is 2.38. The second kappa shape index (κ2) is 6.23. The molecule has 2 unspecified atom stereocenters. The first-order valence-electron chi connectivity index (χ1n) is 7.57. The number of ether oxygens (including phenoxy) is 1. The summed E-state index contributed by atoms with van der Waals surface area (Å²) in [7, 11) is 0. The first-order valence-corrected chi connectivity index (χ1v) is 7.57. The third-order valence-electron chi connectivity index (χ3n) is 4.81. The molecular formula is C15H27NO3. The van der Waals surface area contributed by atoms with Crippen molar-refractivity contribution >= 4 is 5.97 Å². The number of rotatable bonds is 4. The van der Waals surface area contributed by atoms with Crippen LogP contribution < -0.4 is 0 Å². The molecule has 4 heteroatoms. The van der Waals surface area contributed by atoms with E-state index in [0.717, 1.165) is 45.5 Å². The molecular weight excluding hydrogens is 242 g/mol. The molecule has 0 aromatic carbocycles. The van der Waals surface area contributed by atoms with E-state index in [9.17, 15) is 9.90 Å². The number of piperidine rings is 1. The average molecular weight is 269 g/mol. The molecule has 2 saturated heterocycles. The Morgan fingerprint density at radius 1 is 1.32 bits per heavy atom. The van der Waals surface area contributed by atoms with Crippen LogP contribution >= 0.6 is 0 Å². The van der Waals surface area contributed by atoms with E-state index in [4.69, 9.17) is 4.74 Å². The smallest absolute Gasteiger partial charge is 0.309 e. The molecule has 4 nitrogen and oxygen atoms in total. The Kier molecular flexibility index (Phi) is 4.85. The van der Waals surface area contributed by atoms with Crippen molar-refractivity contribution < 1.29 is 14.6 Å². The lowest BCUT2D eigenvalue weighted by Gasteiger charge is -2.40. The number of hydrogen-bond donors (Lipinski definition) is 1. The molecule has 110 valence electrons. The van der Waals surface area contributed by atoms with Gasteiger partial charge in [0.2, 0.25) is 0 Å². The summed E-state index contributed by atoms with van der Waals surface area (Å²) in [5.74, 6) is -0.421. The summed E-state index contributed by atoms with van der Waals surface area (Å²) < 4.78 is 5.79. The van der Waals surface area contributed by atoms with Crippen LogP contribution in [0.4, 0.5) is 0 Å². The first kappa shape index (κ1) is 14.8. The van der Waals surface area contributed by atoms with Gasteiger partial charge in [-0.3, -0.25) is 4.79 Å². The number of carboxylic acids is 1. The minimum atomic E-state index is -0.673. The van der Waals surface area contributed by atoms with Gasteiger partial charge in [0.05, 0.1) is 11.5 Å². The highest BCUT2D eigenvalue weighted by molar-refractivity contribution is 5.74. The third-order valence-corrected chi connectivity index (χ3v) is 4.81.